The van der Waals surface area contributed by atoms with Crippen molar-refractivity contribution in [2.45, 2.75) is 17.9 Å². The van der Waals surface area contributed by atoms with Crippen molar-refractivity contribution >= 4 is 23.4 Å². The maximum absolute atomic E-state index is 13.1. The highest BCUT2D eigenvalue weighted by Gasteiger charge is 2.21. The SMILES string of the molecule is COc1ccc(CCC(=O)c2c(NCCO)nc(-c3cccnc3)nc2SC)cc1. The fraction of sp³-hybridized carbons (Fsp3) is 0.273. The summed E-state index contributed by atoms with van der Waals surface area (Å²) in [5.74, 6) is 1.65. The normalized spacial score (nSPS) is 10.6. The van der Waals surface area contributed by atoms with Gasteiger partial charge in [-0.15, -0.1) is 11.8 Å². The van der Waals surface area contributed by atoms with Crippen molar-refractivity contribution in [2.24, 2.45) is 0 Å². The van der Waals surface area contributed by atoms with Crippen LogP contribution in [0.25, 0.3) is 11.4 Å². The molecule has 0 fully saturated rings. The van der Waals surface area contributed by atoms with Crippen LogP contribution in [-0.2, 0) is 6.42 Å². The van der Waals surface area contributed by atoms with E-state index in [4.69, 9.17) is 4.74 Å². The summed E-state index contributed by atoms with van der Waals surface area (Å²) in [6.07, 6.45) is 6.16. The molecule has 0 saturated carbocycles. The van der Waals surface area contributed by atoms with Crippen LogP contribution in [0.15, 0.2) is 53.8 Å². The second kappa shape index (κ2) is 10.7. The summed E-state index contributed by atoms with van der Waals surface area (Å²) in [6.45, 7) is 0.219. The zero-order valence-electron chi connectivity index (χ0n) is 17.0. The Balaban J connectivity index is 1.89. The predicted octanol–water partition coefficient (Wildman–Crippen LogP) is 3.49. The van der Waals surface area contributed by atoms with Crippen LogP contribution in [0.5, 0.6) is 5.75 Å². The number of aromatic nitrogens is 3. The molecule has 2 aromatic heterocycles. The number of ether oxygens (including phenoxy) is 1. The van der Waals surface area contributed by atoms with Gasteiger partial charge in [0.05, 0.1) is 19.3 Å². The molecule has 1 aromatic carbocycles. The van der Waals surface area contributed by atoms with E-state index in [1.54, 1.807) is 19.5 Å². The van der Waals surface area contributed by atoms with Gasteiger partial charge >= 0.3 is 0 Å². The third kappa shape index (κ3) is 5.34. The molecule has 156 valence electrons. The first-order valence-electron chi connectivity index (χ1n) is 9.53. The van der Waals surface area contributed by atoms with E-state index < -0.39 is 0 Å². The third-order valence-electron chi connectivity index (χ3n) is 4.47. The number of benzene rings is 1. The largest absolute Gasteiger partial charge is 0.497 e. The summed E-state index contributed by atoms with van der Waals surface area (Å²) < 4.78 is 5.18. The molecule has 0 atom stereocenters. The number of carbonyl (C=O) groups is 1. The average Bonchev–Trinajstić information content (AvgIpc) is 2.81. The molecule has 8 heteroatoms. The smallest absolute Gasteiger partial charge is 0.169 e. The van der Waals surface area contributed by atoms with E-state index in [-0.39, 0.29) is 18.9 Å². The number of aliphatic hydroxyl groups excluding tert-OH is 1. The minimum atomic E-state index is -0.0691. The van der Waals surface area contributed by atoms with Gasteiger partial charge in [0.2, 0.25) is 0 Å². The number of thioether (sulfide) groups is 1. The number of methoxy groups -OCH3 is 1. The van der Waals surface area contributed by atoms with Crippen LogP contribution in [-0.4, -0.2) is 52.4 Å². The van der Waals surface area contributed by atoms with E-state index >= 15 is 0 Å². The quantitative estimate of drug-likeness (QED) is 0.290. The van der Waals surface area contributed by atoms with Crippen LogP contribution in [0.3, 0.4) is 0 Å². The monoisotopic (exact) mass is 424 g/mol. The summed E-state index contributed by atoms with van der Waals surface area (Å²) in [7, 11) is 1.62. The minimum absolute atomic E-state index is 0.0478. The van der Waals surface area contributed by atoms with E-state index in [1.165, 1.54) is 11.8 Å². The van der Waals surface area contributed by atoms with Gasteiger partial charge in [0, 0.05) is 30.9 Å². The number of nitrogens with zero attached hydrogens (tertiary/aromatic N) is 3. The molecule has 3 aromatic rings. The number of nitrogens with one attached hydrogen (secondary N) is 1. The molecule has 2 N–H and O–H groups in total. The van der Waals surface area contributed by atoms with Crippen molar-refractivity contribution in [2.75, 3.05) is 31.8 Å². The summed E-state index contributed by atoms with van der Waals surface area (Å²) in [6, 6.07) is 11.4. The first kappa shape index (κ1) is 21.7. The maximum atomic E-state index is 13.1. The molecule has 0 amide bonds. The zero-order chi connectivity index (χ0) is 21.3. The van der Waals surface area contributed by atoms with Crippen LogP contribution in [0.1, 0.15) is 22.3 Å². The molecule has 0 aliphatic carbocycles. The Kier molecular flexibility index (Phi) is 7.75. The van der Waals surface area contributed by atoms with Crippen molar-refractivity contribution in [1.29, 1.82) is 0 Å². The van der Waals surface area contributed by atoms with Gasteiger partial charge in [0.1, 0.15) is 16.6 Å². The summed E-state index contributed by atoms with van der Waals surface area (Å²) >= 11 is 1.40. The Morgan fingerprint density at radius 3 is 2.63 bits per heavy atom. The molecule has 0 bridgehead atoms. The summed E-state index contributed by atoms with van der Waals surface area (Å²) in [5.41, 5.74) is 2.27. The molecular weight excluding hydrogens is 400 g/mol. The predicted molar refractivity (Wildman–Crippen MR) is 118 cm³/mol. The lowest BCUT2D eigenvalue weighted by molar-refractivity contribution is 0.0979. The molecule has 0 aliphatic heterocycles. The Labute approximate surface area is 180 Å². The minimum Gasteiger partial charge on any atom is -0.497 e. The van der Waals surface area contributed by atoms with E-state index in [9.17, 15) is 9.90 Å². The summed E-state index contributed by atoms with van der Waals surface area (Å²) in [5, 5.41) is 12.9. The van der Waals surface area contributed by atoms with Gasteiger partial charge in [-0.1, -0.05) is 12.1 Å². The lowest BCUT2D eigenvalue weighted by Gasteiger charge is -2.14. The number of aliphatic hydroxyl groups is 1. The highest BCUT2D eigenvalue weighted by molar-refractivity contribution is 7.98. The van der Waals surface area contributed by atoms with Crippen LogP contribution in [0, 0.1) is 0 Å². The van der Waals surface area contributed by atoms with Gasteiger partial charge in [0.25, 0.3) is 0 Å². The van der Waals surface area contributed by atoms with Gasteiger partial charge in [-0.05, 0) is 42.5 Å². The van der Waals surface area contributed by atoms with Crippen LogP contribution in [0.4, 0.5) is 5.82 Å². The first-order valence-corrected chi connectivity index (χ1v) is 10.8. The second-order valence-corrected chi connectivity index (χ2v) is 7.24. The second-order valence-electron chi connectivity index (χ2n) is 6.44. The van der Waals surface area contributed by atoms with E-state index in [2.05, 4.69) is 20.3 Å². The first-order chi connectivity index (χ1) is 14.7. The van der Waals surface area contributed by atoms with E-state index in [0.717, 1.165) is 16.9 Å². The van der Waals surface area contributed by atoms with Crippen LogP contribution < -0.4 is 10.1 Å². The van der Waals surface area contributed by atoms with Gasteiger partial charge in [-0.25, -0.2) is 9.97 Å². The third-order valence-corrected chi connectivity index (χ3v) is 5.15. The molecule has 0 aliphatic rings. The fourth-order valence-corrected chi connectivity index (χ4v) is 3.53. The lowest BCUT2D eigenvalue weighted by atomic mass is 10.0. The molecule has 30 heavy (non-hydrogen) atoms. The molecule has 0 saturated heterocycles. The highest BCUT2D eigenvalue weighted by atomic mass is 32.2. The zero-order valence-corrected chi connectivity index (χ0v) is 17.8. The Morgan fingerprint density at radius 2 is 2.00 bits per heavy atom. The molecule has 0 spiro atoms. The van der Waals surface area contributed by atoms with Crippen molar-refractivity contribution in [3.8, 4) is 17.1 Å². The fourth-order valence-electron chi connectivity index (χ4n) is 2.94. The van der Waals surface area contributed by atoms with Crippen molar-refractivity contribution in [3.05, 3.63) is 59.9 Å². The van der Waals surface area contributed by atoms with Crippen LogP contribution >= 0.6 is 11.8 Å². The topological polar surface area (TPSA) is 97.2 Å². The van der Waals surface area contributed by atoms with Gasteiger partial charge in [0.15, 0.2) is 11.6 Å². The number of ketones is 1. The molecular formula is C22H24N4O3S. The van der Waals surface area contributed by atoms with Gasteiger partial charge < -0.3 is 15.2 Å². The number of rotatable bonds is 10. The Hall–Kier alpha value is -2.97. The highest BCUT2D eigenvalue weighted by Crippen LogP contribution is 2.29. The Bertz CT molecular complexity index is 982. The lowest BCUT2D eigenvalue weighted by Crippen LogP contribution is -2.15. The number of pyridine rings is 1. The number of hydrogen-bond acceptors (Lipinski definition) is 8. The van der Waals surface area contributed by atoms with Gasteiger partial charge in [-0.3, -0.25) is 9.78 Å². The number of aryl methyl sites for hydroxylation is 1. The average molecular weight is 425 g/mol. The molecule has 0 unspecified atom stereocenters. The van der Waals surface area contributed by atoms with Crippen molar-refractivity contribution in [3.63, 3.8) is 0 Å². The maximum Gasteiger partial charge on any atom is 0.169 e. The van der Waals surface area contributed by atoms with Crippen LogP contribution in [0.2, 0.25) is 0 Å². The van der Waals surface area contributed by atoms with E-state index in [1.807, 2.05) is 42.7 Å². The van der Waals surface area contributed by atoms with Crippen molar-refractivity contribution in [1.82, 2.24) is 15.0 Å². The number of hydrogen-bond donors (Lipinski definition) is 2. The standard InChI is InChI=1S/C22H24N4O3S/c1-29-17-8-5-15(6-9-17)7-10-18(28)19-21(24-12-13-27)25-20(26-22(19)30-2)16-4-3-11-23-14-16/h3-6,8-9,11,14,27H,7,10,12-13H2,1-2H3,(H,24,25,26). The molecule has 0 radical (unpaired) electrons. The Morgan fingerprint density at radius 1 is 1.20 bits per heavy atom. The summed E-state index contributed by atoms with van der Waals surface area (Å²) in [4.78, 5) is 26.4. The number of anilines is 1. The number of Topliss-reactive ketones (excluding diaryl/α,β-unsaturated/α-hetero) is 1. The van der Waals surface area contributed by atoms with Gasteiger partial charge in [-0.2, -0.15) is 0 Å². The van der Waals surface area contributed by atoms with Crippen molar-refractivity contribution < 1.29 is 14.6 Å². The molecule has 7 nitrogen and oxygen atoms in total. The molecule has 2 heterocycles. The number of carbonyl (C=O) groups excluding carboxylic acids is 1. The molecule has 3 rings (SSSR count). The van der Waals surface area contributed by atoms with E-state index in [0.29, 0.717) is 35.1 Å².